The summed E-state index contributed by atoms with van der Waals surface area (Å²) < 4.78 is 2.41. The van der Waals surface area contributed by atoms with Crippen LogP contribution in [0.4, 0.5) is 0 Å². The molecule has 2 heterocycles. The smallest absolute Gasteiger partial charge is 0.156 e. The van der Waals surface area contributed by atoms with Gasteiger partial charge in [0.2, 0.25) is 0 Å². The van der Waals surface area contributed by atoms with E-state index in [0.717, 1.165) is 23.2 Å². The average Bonchev–Trinajstić information content (AvgIpc) is 3.08. The minimum atomic E-state index is -1.50. The fourth-order valence-electron chi connectivity index (χ4n) is 4.15. The Hall–Kier alpha value is -1.46. The van der Waals surface area contributed by atoms with Gasteiger partial charge in [0, 0.05) is 17.6 Å². The number of nitrogens with zero attached hydrogens (tertiary/aromatic N) is 3. The predicted molar refractivity (Wildman–Crippen MR) is 89.9 cm³/mol. The van der Waals surface area contributed by atoms with Gasteiger partial charge in [0.1, 0.15) is 12.0 Å². The second-order valence-electron chi connectivity index (χ2n) is 7.49. The minimum absolute atomic E-state index is 0.673. The van der Waals surface area contributed by atoms with Crippen molar-refractivity contribution in [1.82, 2.24) is 14.5 Å². The van der Waals surface area contributed by atoms with Crippen LogP contribution in [0.15, 0.2) is 18.6 Å². The SMILES string of the molecule is CC(C)(O)O.Cc1ncnc2c1ccn2C1CC2CCCC2C1. The monoisotopic (exact) mass is 317 g/mol. The van der Waals surface area contributed by atoms with E-state index in [0.29, 0.717) is 6.04 Å². The van der Waals surface area contributed by atoms with Gasteiger partial charge < -0.3 is 14.8 Å². The molecule has 0 bridgehead atoms. The number of fused-ring (bicyclic) bond motifs is 2. The molecule has 2 aliphatic rings. The van der Waals surface area contributed by atoms with Crippen LogP contribution in [0.2, 0.25) is 0 Å². The highest BCUT2D eigenvalue weighted by Crippen LogP contribution is 2.49. The highest BCUT2D eigenvalue weighted by atomic mass is 16.5. The van der Waals surface area contributed by atoms with Crippen LogP contribution >= 0.6 is 0 Å². The van der Waals surface area contributed by atoms with Crippen molar-refractivity contribution in [2.45, 2.75) is 64.7 Å². The molecule has 2 aromatic heterocycles. The summed E-state index contributed by atoms with van der Waals surface area (Å²) >= 11 is 0. The third kappa shape index (κ3) is 3.72. The lowest BCUT2D eigenvalue weighted by Gasteiger charge is -2.14. The number of aryl methyl sites for hydroxylation is 1. The van der Waals surface area contributed by atoms with Crippen molar-refractivity contribution in [3.05, 3.63) is 24.3 Å². The van der Waals surface area contributed by atoms with Crippen LogP contribution < -0.4 is 0 Å². The van der Waals surface area contributed by atoms with Crippen LogP contribution in [0.1, 0.15) is 57.7 Å². The Morgan fingerprint density at radius 2 is 1.74 bits per heavy atom. The summed E-state index contributed by atoms with van der Waals surface area (Å²) in [5, 5.41) is 17.4. The van der Waals surface area contributed by atoms with Gasteiger partial charge in [-0.1, -0.05) is 19.3 Å². The summed E-state index contributed by atoms with van der Waals surface area (Å²) in [6, 6.07) is 2.85. The molecular formula is C18H27N3O2. The Morgan fingerprint density at radius 3 is 2.35 bits per heavy atom. The van der Waals surface area contributed by atoms with Crippen molar-refractivity contribution >= 4 is 11.0 Å². The second kappa shape index (κ2) is 6.21. The molecule has 0 amide bonds. The Morgan fingerprint density at radius 1 is 1.13 bits per heavy atom. The molecule has 2 aliphatic carbocycles. The molecule has 4 rings (SSSR count). The van der Waals surface area contributed by atoms with Crippen LogP contribution in [0.3, 0.4) is 0 Å². The molecule has 2 atom stereocenters. The number of rotatable bonds is 1. The molecule has 2 N–H and O–H groups in total. The minimum Gasteiger partial charge on any atom is -0.366 e. The average molecular weight is 317 g/mol. The standard InChI is InChI=1S/C15H19N3.C3H8O2/c1-10-14-5-6-18(15(14)17-9-16-10)13-7-11-3-2-4-12(11)8-13;1-3(2,4)5/h5-6,9,11-13H,2-4,7-8H2,1H3;4-5H,1-2H3. The van der Waals surface area contributed by atoms with E-state index in [2.05, 4.69) is 33.7 Å². The van der Waals surface area contributed by atoms with E-state index in [-0.39, 0.29) is 0 Å². The molecule has 5 nitrogen and oxygen atoms in total. The van der Waals surface area contributed by atoms with Gasteiger partial charge >= 0.3 is 0 Å². The molecule has 2 aromatic rings. The topological polar surface area (TPSA) is 71.2 Å². The van der Waals surface area contributed by atoms with Crippen LogP contribution in [0, 0.1) is 18.8 Å². The van der Waals surface area contributed by atoms with Gasteiger partial charge in [0.15, 0.2) is 5.79 Å². The fourth-order valence-corrected chi connectivity index (χ4v) is 4.15. The molecule has 0 saturated heterocycles. The Labute approximate surface area is 137 Å². The molecule has 2 saturated carbocycles. The Balaban J connectivity index is 0.000000276. The predicted octanol–water partition coefficient (Wildman–Crippen LogP) is 3.20. The molecule has 0 aromatic carbocycles. The van der Waals surface area contributed by atoms with Crippen molar-refractivity contribution < 1.29 is 10.2 Å². The van der Waals surface area contributed by atoms with E-state index in [1.807, 2.05) is 0 Å². The molecule has 0 aliphatic heterocycles. The first kappa shape index (κ1) is 16.4. The first-order valence-electron chi connectivity index (χ1n) is 8.56. The van der Waals surface area contributed by atoms with Gasteiger partial charge in [0.05, 0.1) is 5.69 Å². The molecule has 5 heteroatoms. The molecule has 126 valence electrons. The van der Waals surface area contributed by atoms with E-state index >= 15 is 0 Å². The highest BCUT2D eigenvalue weighted by molar-refractivity contribution is 5.78. The van der Waals surface area contributed by atoms with Crippen molar-refractivity contribution in [2.75, 3.05) is 0 Å². The first-order valence-corrected chi connectivity index (χ1v) is 8.56. The maximum absolute atomic E-state index is 8.08. The molecular weight excluding hydrogens is 290 g/mol. The molecule has 2 fully saturated rings. The molecule has 23 heavy (non-hydrogen) atoms. The quantitative estimate of drug-likeness (QED) is 0.792. The van der Waals surface area contributed by atoms with Gasteiger partial charge in [-0.3, -0.25) is 0 Å². The lowest BCUT2D eigenvalue weighted by atomic mass is 10.0. The lowest BCUT2D eigenvalue weighted by Crippen LogP contribution is -2.15. The van der Waals surface area contributed by atoms with Crippen molar-refractivity contribution in [1.29, 1.82) is 0 Å². The lowest BCUT2D eigenvalue weighted by molar-refractivity contribution is -0.127. The normalized spacial score (nSPS) is 26.9. The fraction of sp³-hybridized carbons (Fsp3) is 0.667. The van der Waals surface area contributed by atoms with Crippen molar-refractivity contribution in [2.24, 2.45) is 11.8 Å². The van der Waals surface area contributed by atoms with Gasteiger partial charge in [-0.2, -0.15) is 0 Å². The zero-order valence-corrected chi connectivity index (χ0v) is 14.2. The van der Waals surface area contributed by atoms with Crippen LogP contribution in [0.5, 0.6) is 0 Å². The molecule has 0 radical (unpaired) electrons. The van der Waals surface area contributed by atoms with E-state index in [9.17, 15) is 0 Å². The van der Waals surface area contributed by atoms with Gasteiger partial charge in [0.25, 0.3) is 0 Å². The molecule has 2 unspecified atom stereocenters. The Kier molecular flexibility index (Phi) is 4.43. The molecule has 0 spiro atoms. The summed E-state index contributed by atoms with van der Waals surface area (Å²) in [7, 11) is 0. The summed E-state index contributed by atoms with van der Waals surface area (Å²) in [6.45, 7) is 4.66. The van der Waals surface area contributed by atoms with Crippen molar-refractivity contribution in [3.63, 3.8) is 0 Å². The summed E-state index contributed by atoms with van der Waals surface area (Å²) in [4.78, 5) is 8.77. The largest absolute Gasteiger partial charge is 0.366 e. The van der Waals surface area contributed by atoms with Crippen LogP contribution in [0.25, 0.3) is 11.0 Å². The number of hydrogen-bond donors (Lipinski definition) is 2. The summed E-state index contributed by atoms with van der Waals surface area (Å²) in [5.74, 6) is 0.464. The maximum atomic E-state index is 8.08. The van der Waals surface area contributed by atoms with Gasteiger partial charge in [-0.15, -0.1) is 0 Å². The first-order chi connectivity index (χ1) is 10.8. The second-order valence-corrected chi connectivity index (χ2v) is 7.49. The summed E-state index contributed by atoms with van der Waals surface area (Å²) in [5.41, 5.74) is 2.23. The zero-order valence-electron chi connectivity index (χ0n) is 14.2. The van der Waals surface area contributed by atoms with E-state index in [1.165, 1.54) is 51.3 Å². The Bertz CT molecular complexity index is 656. The van der Waals surface area contributed by atoms with Gasteiger partial charge in [-0.05, 0) is 51.5 Å². The third-order valence-corrected chi connectivity index (χ3v) is 5.07. The third-order valence-electron chi connectivity index (χ3n) is 5.07. The summed E-state index contributed by atoms with van der Waals surface area (Å²) in [6.07, 6.45) is 11.0. The zero-order chi connectivity index (χ0) is 16.6. The van der Waals surface area contributed by atoms with Crippen LogP contribution in [-0.2, 0) is 0 Å². The van der Waals surface area contributed by atoms with E-state index in [1.54, 1.807) is 6.33 Å². The van der Waals surface area contributed by atoms with E-state index < -0.39 is 5.79 Å². The highest BCUT2D eigenvalue weighted by Gasteiger charge is 2.38. The van der Waals surface area contributed by atoms with Crippen molar-refractivity contribution in [3.8, 4) is 0 Å². The van der Waals surface area contributed by atoms with Crippen LogP contribution in [-0.4, -0.2) is 30.5 Å². The number of aliphatic hydroxyl groups is 2. The number of aromatic nitrogens is 3. The van der Waals surface area contributed by atoms with Gasteiger partial charge in [-0.25, -0.2) is 9.97 Å². The van der Waals surface area contributed by atoms with E-state index in [4.69, 9.17) is 10.2 Å². The maximum Gasteiger partial charge on any atom is 0.156 e. The number of hydrogen-bond acceptors (Lipinski definition) is 4.